The lowest BCUT2D eigenvalue weighted by atomic mass is 9.99. The predicted molar refractivity (Wildman–Crippen MR) is 116 cm³/mol. The van der Waals surface area contributed by atoms with Crippen LogP contribution in [0.3, 0.4) is 0 Å². The molecule has 2 aromatic carbocycles. The second kappa shape index (κ2) is 10.8. The number of fused-ring (bicyclic) bond motifs is 4. The van der Waals surface area contributed by atoms with Gasteiger partial charge in [-0.25, -0.2) is 0 Å². The van der Waals surface area contributed by atoms with Crippen molar-refractivity contribution in [2.24, 2.45) is 0 Å². The first kappa shape index (κ1) is 20.3. The third kappa shape index (κ3) is 5.80. The van der Waals surface area contributed by atoms with E-state index < -0.39 is 0 Å². The molecule has 0 unspecified atom stereocenters. The highest BCUT2D eigenvalue weighted by molar-refractivity contribution is 5.50. The third-order valence-corrected chi connectivity index (χ3v) is 5.55. The maximum atomic E-state index is 5.56. The smallest absolute Gasteiger partial charge is 0.122 e. The van der Waals surface area contributed by atoms with Crippen LogP contribution >= 0.6 is 0 Å². The van der Waals surface area contributed by atoms with E-state index in [1.807, 2.05) is 0 Å². The van der Waals surface area contributed by atoms with E-state index in [1.165, 1.54) is 62.5 Å². The second-order valence-electron chi connectivity index (χ2n) is 7.63. The number of methoxy groups -OCH3 is 2. The Balaban J connectivity index is 1.88. The average molecular weight is 377 g/mol. The van der Waals surface area contributed by atoms with Crippen molar-refractivity contribution in [2.45, 2.75) is 64.2 Å². The molecule has 0 saturated carbocycles. The first-order valence-electron chi connectivity index (χ1n) is 10.7. The van der Waals surface area contributed by atoms with Crippen LogP contribution in [-0.2, 0) is 12.8 Å². The molecule has 0 aromatic heterocycles. The van der Waals surface area contributed by atoms with Gasteiger partial charge in [0.15, 0.2) is 0 Å². The SMILES string of the molecule is COc1ccc2cc1CCCCCCCCCCc1cc(ccc1OC)C#C2. The van der Waals surface area contributed by atoms with E-state index in [1.54, 1.807) is 14.2 Å². The number of benzene rings is 2. The number of ether oxygens (including phenoxy) is 2. The zero-order chi connectivity index (χ0) is 19.6. The molecule has 0 N–H and O–H groups in total. The maximum absolute atomic E-state index is 5.56. The Morgan fingerprint density at radius 1 is 0.571 bits per heavy atom. The van der Waals surface area contributed by atoms with Gasteiger partial charge in [-0.05, 0) is 73.2 Å². The lowest BCUT2D eigenvalue weighted by Crippen LogP contribution is -1.95. The molecular weight excluding hydrogens is 344 g/mol. The summed E-state index contributed by atoms with van der Waals surface area (Å²) in [5.41, 5.74) is 4.64. The van der Waals surface area contributed by atoms with Crippen LogP contribution in [0.25, 0.3) is 0 Å². The summed E-state index contributed by atoms with van der Waals surface area (Å²) in [5, 5.41) is 0. The molecule has 0 aliphatic heterocycles. The lowest BCUT2D eigenvalue weighted by molar-refractivity contribution is 0.408. The molecule has 3 rings (SSSR count). The Bertz CT molecular complexity index is 759. The van der Waals surface area contributed by atoms with Gasteiger partial charge in [0.1, 0.15) is 11.5 Å². The number of hydrogen-bond acceptors (Lipinski definition) is 2. The molecule has 4 bridgehead atoms. The van der Waals surface area contributed by atoms with Gasteiger partial charge in [-0.15, -0.1) is 0 Å². The van der Waals surface area contributed by atoms with Gasteiger partial charge in [0.25, 0.3) is 0 Å². The van der Waals surface area contributed by atoms with E-state index in [2.05, 4.69) is 48.2 Å². The molecular formula is C26H32O2. The molecule has 0 fully saturated rings. The zero-order valence-electron chi connectivity index (χ0n) is 17.4. The van der Waals surface area contributed by atoms with E-state index in [9.17, 15) is 0 Å². The van der Waals surface area contributed by atoms with Crippen molar-refractivity contribution in [3.63, 3.8) is 0 Å². The second-order valence-corrected chi connectivity index (χ2v) is 7.63. The Hall–Kier alpha value is -2.40. The Morgan fingerprint density at radius 2 is 0.964 bits per heavy atom. The monoisotopic (exact) mass is 376 g/mol. The summed E-state index contributed by atoms with van der Waals surface area (Å²) < 4.78 is 11.1. The average Bonchev–Trinajstić information content (AvgIpc) is 2.73. The molecule has 1 aliphatic rings. The number of hydrogen-bond donors (Lipinski definition) is 0. The van der Waals surface area contributed by atoms with Crippen molar-refractivity contribution < 1.29 is 9.47 Å². The minimum absolute atomic E-state index is 0.978. The molecule has 2 heteroatoms. The van der Waals surface area contributed by atoms with E-state index in [0.717, 1.165) is 35.5 Å². The van der Waals surface area contributed by atoms with Crippen LogP contribution in [0.2, 0.25) is 0 Å². The van der Waals surface area contributed by atoms with Gasteiger partial charge in [-0.1, -0.05) is 50.4 Å². The quantitative estimate of drug-likeness (QED) is 0.571. The standard InChI is InChI=1S/C26H32O2/c1-27-25-17-15-21-13-14-22-16-18-26(28-2)24(20-22)12-10-8-6-4-3-5-7-9-11-23(25)19-21/h15-20H,3-12H2,1-2H3. The minimum atomic E-state index is 0.978. The van der Waals surface area contributed by atoms with Crippen molar-refractivity contribution in [1.82, 2.24) is 0 Å². The van der Waals surface area contributed by atoms with Crippen molar-refractivity contribution in [3.05, 3.63) is 58.7 Å². The van der Waals surface area contributed by atoms with Crippen LogP contribution in [0, 0.1) is 11.8 Å². The first-order valence-corrected chi connectivity index (χ1v) is 10.7. The molecule has 0 radical (unpaired) electrons. The highest BCUT2D eigenvalue weighted by Gasteiger charge is 2.06. The van der Waals surface area contributed by atoms with Crippen molar-refractivity contribution >= 4 is 0 Å². The highest BCUT2D eigenvalue weighted by Crippen LogP contribution is 2.24. The summed E-state index contributed by atoms with van der Waals surface area (Å²) in [6.45, 7) is 0. The fourth-order valence-electron chi connectivity index (χ4n) is 3.94. The largest absolute Gasteiger partial charge is 0.496 e. The molecule has 0 saturated heterocycles. The van der Waals surface area contributed by atoms with Gasteiger partial charge in [0, 0.05) is 11.1 Å². The van der Waals surface area contributed by atoms with Crippen molar-refractivity contribution in [2.75, 3.05) is 14.2 Å². The van der Waals surface area contributed by atoms with E-state index >= 15 is 0 Å². The molecule has 0 amide bonds. The molecule has 2 nitrogen and oxygen atoms in total. The van der Waals surface area contributed by atoms with Gasteiger partial charge < -0.3 is 9.47 Å². The molecule has 1 aliphatic carbocycles. The highest BCUT2D eigenvalue weighted by atomic mass is 16.5. The molecule has 2 aromatic rings. The van der Waals surface area contributed by atoms with Gasteiger partial charge in [-0.3, -0.25) is 0 Å². The van der Waals surface area contributed by atoms with Gasteiger partial charge >= 0.3 is 0 Å². The van der Waals surface area contributed by atoms with Crippen LogP contribution in [0.15, 0.2) is 36.4 Å². The summed E-state index contributed by atoms with van der Waals surface area (Å²) >= 11 is 0. The lowest BCUT2D eigenvalue weighted by Gasteiger charge is -2.10. The van der Waals surface area contributed by atoms with Crippen LogP contribution in [0.1, 0.15) is 73.6 Å². The van der Waals surface area contributed by atoms with Crippen molar-refractivity contribution in [1.29, 1.82) is 0 Å². The van der Waals surface area contributed by atoms with Crippen LogP contribution in [0.5, 0.6) is 11.5 Å². The summed E-state index contributed by atoms with van der Waals surface area (Å²) in [6.07, 6.45) is 12.5. The molecule has 0 atom stereocenters. The summed E-state index contributed by atoms with van der Waals surface area (Å²) in [5.74, 6) is 8.64. The van der Waals surface area contributed by atoms with E-state index in [4.69, 9.17) is 9.47 Å². The first-order chi connectivity index (χ1) is 13.8. The van der Waals surface area contributed by atoms with Gasteiger partial charge in [0.05, 0.1) is 14.2 Å². The summed E-state index contributed by atoms with van der Waals surface area (Å²) in [4.78, 5) is 0. The molecule has 28 heavy (non-hydrogen) atoms. The molecule has 0 heterocycles. The predicted octanol–water partition coefficient (Wildman–Crippen LogP) is 6.32. The Morgan fingerprint density at radius 3 is 1.36 bits per heavy atom. The summed E-state index contributed by atoms with van der Waals surface area (Å²) in [7, 11) is 3.50. The maximum Gasteiger partial charge on any atom is 0.122 e. The topological polar surface area (TPSA) is 18.5 Å². The fourth-order valence-corrected chi connectivity index (χ4v) is 3.94. The number of aryl methyl sites for hydroxylation is 2. The Kier molecular flexibility index (Phi) is 7.85. The minimum Gasteiger partial charge on any atom is -0.496 e. The molecule has 0 spiro atoms. The van der Waals surface area contributed by atoms with E-state index in [0.29, 0.717) is 0 Å². The van der Waals surface area contributed by atoms with Crippen LogP contribution in [0.4, 0.5) is 0 Å². The third-order valence-electron chi connectivity index (χ3n) is 5.55. The van der Waals surface area contributed by atoms with Crippen LogP contribution < -0.4 is 9.47 Å². The van der Waals surface area contributed by atoms with E-state index in [-0.39, 0.29) is 0 Å². The summed E-state index contributed by atoms with van der Waals surface area (Å²) in [6, 6.07) is 12.6. The van der Waals surface area contributed by atoms with Crippen molar-refractivity contribution in [3.8, 4) is 23.3 Å². The van der Waals surface area contributed by atoms with Gasteiger partial charge in [0.2, 0.25) is 0 Å². The van der Waals surface area contributed by atoms with Gasteiger partial charge in [-0.2, -0.15) is 0 Å². The fraction of sp³-hybridized carbons (Fsp3) is 0.462. The normalized spacial score (nSPS) is 15.5. The number of rotatable bonds is 2. The molecule has 148 valence electrons. The zero-order valence-corrected chi connectivity index (χ0v) is 17.4. The van der Waals surface area contributed by atoms with Crippen LogP contribution in [-0.4, -0.2) is 14.2 Å². The Labute approximate surface area is 170 Å².